The van der Waals surface area contributed by atoms with E-state index in [9.17, 15) is 0 Å². The zero-order chi connectivity index (χ0) is 15.4. The summed E-state index contributed by atoms with van der Waals surface area (Å²) in [6.07, 6.45) is 0. The van der Waals surface area contributed by atoms with E-state index in [4.69, 9.17) is 18.0 Å². The van der Waals surface area contributed by atoms with Crippen molar-refractivity contribution in [2.75, 3.05) is 26.2 Å². The number of nitrogens with two attached hydrogens (primary N) is 1. The highest BCUT2D eigenvalue weighted by molar-refractivity contribution is 7.80. The molecule has 1 atom stereocenters. The maximum Gasteiger partial charge on any atom is 0.0899 e. The number of piperazine rings is 1. The van der Waals surface area contributed by atoms with E-state index in [2.05, 4.69) is 54.8 Å². The van der Waals surface area contributed by atoms with E-state index in [1.54, 1.807) is 0 Å². The van der Waals surface area contributed by atoms with Gasteiger partial charge < -0.3 is 5.73 Å². The van der Waals surface area contributed by atoms with E-state index in [0.29, 0.717) is 10.9 Å². The Kier molecular flexibility index (Phi) is 5.73. The molecule has 1 fully saturated rings. The third-order valence-electron chi connectivity index (χ3n) is 4.42. The standard InChI is InChI=1S/C17H27N3S/c1-13(2)16-6-4-15(5-7-16)12-19-8-10-20(11-9-19)14(3)17(18)21/h4-7,13-14H,8-12H2,1-3H3,(H2,18,21). The van der Waals surface area contributed by atoms with Crippen molar-refractivity contribution < 1.29 is 0 Å². The van der Waals surface area contributed by atoms with Gasteiger partial charge in [0.1, 0.15) is 0 Å². The molecule has 2 N–H and O–H groups in total. The SMILES string of the molecule is CC(C)c1ccc(CN2CCN(C(C)C(N)=S)CC2)cc1. The van der Waals surface area contributed by atoms with E-state index in [1.807, 2.05) is 0 Å². The van der Waals surface area contributed by atoms with Crippen LogP contribution in [0.15, 0.2) is 24.3 Å². The van der Waals surface area contributed by atoms with Crippen molar-refractivity contribution in [3.05, 3.63) is 35.4 Å². The fourth-order valence-electron chi connectivity index (χ4n) is 2.75. The molecule has 0 saturated carbocycles. The number of hydrogen-bond acceptors (Lipinski definition) is 3. The van der Waals surface area contributed by atoms with Crippen molar-refractivity contribution in [1.29, 1.82) is 0 Å². The lowest BCUT2D eigenvalue weighted by Gasteiger charge is -2.37. The van der Waals surface area contributed by atoms with Gasteiger partial charge in [-0.15, -0.1) is 0 Å². The molecule has 2 rings (SSSR count). The van der Waals surface area contributed by atoms with Crippen molar-refractivity contribution in [2.45, 2.75) is 39.3 Å². The van der Waals surface area contributed by atoms with E-state index in [-0.39, 0.29) is 6.04 Å². The van der Waals surface area contributed by atoms with Crippen molar-refractivity contribution in [2.24, 2.45) is 5.73 Å². The first-order chi connectivity index (χ1) is 9.97. The summed E-state index contributed by atoms with van der Waals surface area (Å²) in [5, 5.41) is 0. The van der Waals surface area contributed by atoms with Gasteiger partial charge in [-0.1, -0.05) is 50.3 Å². The Balaban J connectivity index is 1.84. The van der Waals surface area contributed by atoms with Crippen LogP contribution in [0.1, 0.15) is 37.8 Å². The number of nitrogens with zero attached hydrogens (tertiary/aromatic N) is 2. The number of hydrogen-bond donors (Lipinski definition) is 1. The van der Waals surface area contributed by atoms with E-state index in [1.165, 1.54) is 11.1 Å². The van der Waals surface area contributed by atoms with Gasteiger partial charge in [0, 0.05) is 32.7 Å². The molecule has 4 heteroatoms. The van der Waals surface area contributed by atoms with Crippen LogP contribution in [0.4, 0.5) is 0 Å². The molecule has 3 nitrogen and oxygen atoms in total. The molecule has 0 aromatic heterocycles. The molecule has 0 amide bonds. The summed E-state index contributed by atoms with van der Waals surface area (Å²) in [4.78, 5) is 5.49. The largest absolute Gasteiger partial charge is 0.392 e. The Labute approximate surface area is 134 Å². The molecule has 1 heterocycles. The van der Waals surface area contributed by atoms with Gasteiger partial charge in [-0.25, -0.2) is 0 Å². The zero-order valence-electron chi connectivity index (χ0n) is 13.4. The van der Waals surface area contributed by atoms with Gasteiger partial charge in [-0.3, -0.25) is 9.80 Å². The minimum Gasteiger partial charge on any atom is -0.392 e. The number of benzene rings is 1. The molecular formula is C17H27N3S. The Morgan fingerprint density at radius 1 is 1.10 bits per heavy atom. The van der Waals surface area contributed by atoms with Crippen LogP contribution in [0, 0.1) is 0 Å². The molecule has 21 heavy (non-hydrogen) atoms. The smallest absolute Gasteiger partial charge is 0.0899 e. The molecule has 1 unspecified atom stereocenters. The predicted octanol–water partition coefficient (Wildman–Crippen LogP) is 2.60. The lowest BCUT2D eigenvalue weighted by atomic mass is 10.0. The second kappa shape index (κ2) is 7.34. The maximum absolute atomic E-state index is 5.74. The van der Waals surface area contributed by atoms with E-state index < -0.39 is 0 Å². The molecule has 0 spiro atoms. The van der Waals surface area contributed by atoms with Crippen molar-refractivity contribution in [3.8, 4) is 0 Å². The summed E-state index contributed by atoms with van der Waals surface area (Å²) in [6.45, 7) is 11.9. The van der Waals surface area contributed by atoms with Crippen LogP contribution < -0.4 is 5.73 Å². The van der Waals surface area contributed by atoms with Crippen LogP contribution in [0.3, 0.4) is 0 Å². The highest BCUT2D eigenvalue weighted by Crippen LogP contribution is 2.16. The lowest BCUT2D eigenvalue weighted by molar-refractivity contribution is 0.118. The Hall–Kier alpha value is -0.970. The second-order valence-corrected chi connectivity index (χ2v) is 6.76. The highest BCUT2D eigenvalue weighted by Gasteiger charge is 2.22. The van der Waals surface area contributed by atoms with E-state index in [0.717, 1.165) is 32.7 Å². The minimum absolute atomic E-state index is 0.215. The van der Waals surface area contributed by atoms with Crippen molar-refractivity contribution >= 4 is 17.2 Å². The van der Waals surface area contributed by atoms with Crippen LogP contribution in [0.2, 0.25) is 0 Å². The first-order valence-corrected chi connectivity index (χ1v) is 8.22. The fraction of sp³-hybridized carbons (Fsp3) is 0.588. The Bertz CT molecular complexity index is 461. The average Bonchev–Trinajstić information content (AvgIpc) is 2.47. The van der Waals surface area contributed by atoms with Crippen LogP contribution >= 0.6 is 12.2 Å². The van der Waals surface area contributed by atoms with Gasteiger partial charge in [0.15, 0.2) is 0 Å². The van der Waals surface area contributed by atoms with Gasteiger partial charge in [-0.05, 0) is 24.0 Å². The fourth-order valence-corrected chi connectivity index (χ4v) is 2.90. The van der Waals surface area contributed by atoms with Crippen LogP contribution in [0.25, 0.3) is 0 Å². The molecule has 1 aliphatic rings. The lowest BCUT2D eigenvalue weighted by Crippen LogP contribution is -2.52. The van der Waals surface area contributed by atoms with Crippen LogP contribution in [0.5, 0.6) is 0 Å². The third kappa shape index (κ3) is 4.50. The van der Waals surface area contributed by atoms with Crippen LogP contribution in [-0.2, 0) is 6.54 Å². The Morgan fingerprint density at radius 3 is 2.14 bits per heavy atom. The summed E-state index contributed by atoms with van der Waals surface area (Å²) in [7, 11) is 0. The van der Waals surface area contributed by atoms with Gasteiger partial charge in [0.05, 0.1) is 11.0 Å². The summed E-state index contributed by atoms with van der Waals surface area (Å²) >= 11 is 5.09. The topological polar surface area (TPSA) is 32.5 Å². The first kappa shape index (κ1) is 16.4. The van der Waals surface area contributed by atoms with Crippen LogP contribution in [-0.4, -0.2) is 47.0 Å². The summed E-state index contributed by atoms with van der Waals surface area (Å²) in [5.41, 5.74) is 8.55. The van der Waals surface area contributed by atoms with Gasteiger partial charge in [-0.2, -0.15) is 0 Å². The molecule has 0 radical (unpaired) electrons. The van der Waals surface area contributed by atoms with Crippen molar-refractivity contribution in [3.63, 3.8) is 0 Å². The summed E-state index contributed by atoms with van der Waals surface area (Å²) < 4.78 is 0. The first-order valence-electron chi connectivity index (χ1n) is 7.82. The number of thiocarbonyl (C=S) groups is 1. The molecule has 1 aromatic rings. The second-order valence-electron chi connectivity index (χ2n) is 6.29. The molecule has 1 aliphatic heterocycles. The Morgan fingerprint density at radius 2 is 1.67 bits per heavy atom. The maximum atomic E-state index is 5.74. The monoisotopic (exact) mass is 305 g/mol. The zero-order valence-corrected chi connectivity index (χ0v) is 14.2. The molecule has 1 aromatic carbocycles. The predicted molar refractivity (Wildman–Crippen MR) is 93.6 cm³/mol. The molecular weight excluding hydrogens is 278 g/mol. The third-order valence-corrected chi connectivity index (χ3v) is 4.76. The normalized spacial score (nSPS) is 18.9. The summed E-state index contributed by atoms with van der Waals surface area (Å²) in [5.74, 6) is 0.601. The van der Waals surface area contributed by atoms with E-state index >= 15 is 0 Å². The molecule has 0 bridgehead atoms. The molecule has 1 saturated heterocycles. The van der Waals surface area contributed by atoms with Gasteiger partial charge in [0.2, 0.25) is 0 Å². The van der Waals surface area contributed by atoms with Gasteiger partial charge in [0.25, 0.3) is 0 Å². The number of rotatable bonds is 5. The highest BCUT2D eigenvalue weighted by atomic mass is 32.1. The molecule has 0 aliphatic carbocycles. The minimum atomic E-state index is 0.215. The molecule has 116 valence electrons. The van der Waals surface area contributed by atoms with Gasteiger partial charge >= 0.3 is 0 Å². The summed E-state index contributed by atoms with van der Waals surface area (Å²) in [6, 6.07) is 9.25. The van der Waals surface area contributed by atoms with Crippen molar-refractivity contribution in [1.82, 2.24) is 9.80 Å². The average molecular weight is 305 g/mol. The quantitative estimate of drug-likeness (QED) is 0.848.